The Hall–Kier alpha value is -1.84. The predicted octanol–water partition coefficient (Wildman–Crippen LogP) is 1.66. The lowest BCUT2D eigenvalue weighted by Crippen LogP contribution is -2.15. The van der Waals surface area contributed by atoms with Gasteiger partial charge in [0.1, 0.15) is 0 Å². The molecule has 1 aromatic carbocycles. The molecule has 2 N–H and O–H groups in total. The molecule has 1 aromatic rings. The number of amides is 1. The van der Waals surface area contributed by atoms with Crippen LogP contribution in [-0.4, -0.2) is 18.0 Å². The first-order valence-electron chi connectivity index (χ1n) is 5.03. The maximum Gasteiger partial charge on any atom is 0.338 e. The lowest BCUT2D eigenvalue weighted by atomic mass is 10.0. The van der Waals surface area contributed by atoms with E-state index in [1.807, 2.05) is 0 Å². The summed E-state index contributed by atoms with van der Waals surface area (Å²) in [4.78, 5) is 22.5. The van der Waals surface area contributed by atoms with Crippen molar-refractivity contribution in [2.75, 3.05) is 0 Å². The third-order valence-corrected chi connectivity index (χ3v) is 2.07. The van der Waals surface area contributed by atoms with Crippen molar-refractivity contribution in [2.45, 2.75) is 26.9 Å². The zero-order chi connectivity index (χ0) is 12.3. The number of carbonyl (C=O) groups is 2. The van der Waals surface area contributed by atoms with E-state index in [2.05, 4.69) is 0 Å². The standard InChI is InChI=1S/C12H15NO3/c1-7(2)16-12(15)9-4-5-10(11(13)14)8(3)6-9/h4-7H,1-3H3,(H2,13,14). The number of carbonyl (C=O) groups excluding carboxylic acids is 2. The van der Waals surface area contributed by atoms with Crippen molar-refractivity contribution in [2.24, 2.45) is 5.73 Å². The van der Waals surface area contributed by atoms with Crippen LogP contribution in [0.4, 0.5) is 0 Å². The Balaban J connectivity index is 2.97. The van der Waals surface area contributed by atoms with E-state index in [1.165, 1.54) is 12.1 Å². The Kier molecular flexibility index (Phi) is 3.66. The molecular weight excluding hydrogens is 206 g/mol. The highest BCUT2D eigenvalue weighted by Gasteiger charge is 2.12. The van der Waals surface area contributed by atoms with Gasteiger partial charge in [-0.25, -0.2) is 4.79 Å². The fraction of sp³-hybridized carbons (Fsp3) is 0.333. The molecule has 4 nitrogen and oxygen atoms in total. The molecule has 0 aromatic heterocycles. The summed E-state index contributed by atoms with van der Waals surface area (Å²) in [6, 6.07) is 4.68. The molecule has 4 heteroatoms. The highest BCUT2D eigenvalue weighted by molar-refractivity contribution is 5.96. The number of nitrogens with two attached hydrogens (primary N) is 1. The quantitative estimate of drug-likeness (QED) is 0.789. The van der Waals surface area contributed by atoms with E-state index < -0.39 is 11.9 Å². The summed E-state index contributed by atoms with van der Waals surface area (Å²) >= 11 is 0. The van der Waals surface area contributed by atoms with Crippen LogP contribution in [0.15, 0.2) is 18.2 Å². The summed E-state index contributed by atoms with van der Waals surface area (Å²) in [5.41, 5.74) is 6.68. The lowest BCUT2D eigenvalue weighted by molar-refractivity contribution is 0.0377. The van der Waals surface area contributed by atoms with E-state index in [0.717, 1.165) is 0 Å². The number of hydrogen-bond donors (Lipinski definition) is 1. The van der Waals surface area contributed by atoms with Crippen LogP contribution in [0.1, 0.15) is 40.1 Å². The van der Waals surface area contributed by atoms with E-state index in [-0.39, 0.29) is 6.10 Å². The molecule has 1 amide bonds. The Bertz CT molecular complexity index is 424. The maximum atomic E-state index is 11.6. The molecule has 0 aliphatic heterocycles. The van der Waals surface area contributed by atoms with Crippen molar-refractivity contribution in [3.8, 4) is 0 Å². The highest BCUT2D eigenvalue weighted by atomic mass is 16.5. The number of benzene rings is 1. The lowest BCUT2D eigenvalue weighted by Gasteiger charge is -2.09. The first kappa shape index (κ1) is 12.2. The number of ether oxygens (including phenoxy) is 1. The number of esters is 1. The van der Waals surface area contributed by atoms with Gasteiger partial charge in [0.25, 0.3) is 0 Å². The van der Waals surface area contributed by atoms with Crippen molar-refractivity contribution in [3.63, 3.8) is 0 Å². The van der Waals surface area contributed by atoms with Gasteiger partial charge in [0, 0.05) is 5.56 Å². The molecule has 86 valence electrons. The summed E-state index contributed by atoms with van der Waals surface area (Å²) in [6.45, 7) is 5.29. The summed E-state index contributed by atoms with van der Waals surface area (Å²) in [5, 5.41) is 0. The zero-order valence-electron chi connectivity index (χ0n) is 9.61. The average Bonchev–Trinajstić information content (AvgIpc) is 2.15. The van der Waals surface area contributed by atoms with Crippen molar-refractivity contribution >= 4 is 11.9 Å². The minimum Gasteiger partial charge on any atom is -0.459 e. The normalized spacial score (nSPS) is 10.2. The van der Waals surface area contributed by atoms with Crippen molar-refractivity contribution in [3.05, 3.63) is 34.9 Å². The molecule has 0 radical (unpaired) electrons. The molecule has 0 saturated carbocycles. The Morgan fingerprint density at radius 3 is 2.38 bits per heavy atom. The van der Waals surface area contributed by atoms with Crippen LogP contribution >= 0.6 is 0 Å². The third kappa shape index (κ3) is 2.82. The van der Waals surface area contributed by atoms with E-state index in [0.29, 0.717) is 16.7 Å². The van der Waals surface area contributed by atoms with Gasteiger partial charge in [0.15, 0.2) is 0 Å². The number of hydrogen-bond acceptors (Lipinski definition) is 3. The smallest absolute Gasteiger partial charge is 0.338 e. The second-order valence-electron chi connectivity index (χ2n) is 3.85. The topological polar surface area (TPSA) is 69.4 Å². The van der Waals surface area contributed by atoms with Crippen LogP contribution in [0.25, 0.3) is 0 Å². The second-order valence-corrected chi connectivity index (χ2v) is 3.85. The Morgan fingerprint density at radius 1 is 1.31 bits per heavy atom. The van der Waals surface area contributed by atoms with Crippen molar-refractivity contribution in [1.29, 1.82) is 0 Å². The van der Waals surface area contributed by atoms with Gasteiger partial charge in [-0.3, -0.25) is 4.79 Å². The number of primary amides is 1. The minimum atomic E-state index is -0.499. The van der Waals surface area contributed by atoms with Crippen molar-refractivity contribution in [1.82, 2.24) is 0 Å². The summed E-state index contributed by atoms with van der Waals surface area (Å²) in [7, 11) is 0. The fourth-order valence-electron chi connectivity index (χ4n) is 1.35. The van der Waals surface area contributed by atoms with Gasteiger partial charge in [-0.2, -0.15) is 0 Å². The van der Waals surface area contributed by atoms with E-state index >= 15 is 0 Å². The Morgan fingerprint density at radius 2 is 1.94 bits per heavy atom. The van der Waals surface area contributed by atoms with Crippen molar-refractivity contribution < 1.29 is 14.3 Å². The molecule has 0 fully saturated rings. The van der Waals surface area contributed by atoms with Crippen LogP contribution in [0.2, 0.25) is 0 Å². The van der Waals surface area contributed by atoms with Crippen LogP contribution in [-0.2, 0) is 4.74 Å². The second kappa shape index (κ2) is 4.79. The Labute approximate surface area is 94.4 Å². The van der Waals surface area contributed by atoms with Crippen LogP contribution < -0.4 is 5.73 Å². The van der Waals surface area contributed by atoms with Gasteiger partial charge in [-0.05, 0) is 44.5 Å². The SMILES string of the molecule is Cc1cc(C(=O)OC(C)C)ccc1C(N)=O. The van der Waals surface area contributed by atoms with E-state index in [1.54, 1.807) is 26.8 Å². The van der Waals surface area contributed by atoms with Gasteiger partial charge in [0.05, 0.1) is 11.7 Å². The summed E-state index contributed by atoms with van der Waals surface area (Å²) in [6.07, 6.45) is -0.163. The molecular formula is C12H15NO3. The first-order valence-corrected chi connectivity index (χ1v) is 5.03. The predicted molar refractivity (Wildman–Crippen MR) is 60.2 cm³/mol. The van der Waals surface area contributed by atoms with Crippen LogP contribution in [0, 0.1) is 6.92 Å². The third-order valence-electron chi connectivity index (χ3n) is 2.07. The van der Waals surface area contributed by atoms with E-state index in [9.17, 15) is 9.59 Å². The molecule has 0 atom stereocenters. The average molecular weight is 221 g/mol. The van der Waals surface area contributed by atoms with Gasteiger partial charge in [0.2, 0.25) is 5.91 Å². The molecule has 0 saturated heterocycles. The minimum absolute atomic E-state index is 0.163. The van der Waals surface area contributed by atoms with Gasteiger partial charge in [-0.1, -0.05) is 0 Å². The molecule has 0 heterocycles. The monoisotopic (exact) mass is 221 g/mol. The first-order chi connectivity index (χ1) is 7.41. The molecule has 0 bridgehead atoms. The van der Waals surface area contributed by atoms with Gasteiger partial charge < -0.3 is 10.5 Å². The molecule has 0 aliphatic carbocycles. The largest absolute Gasteiger partial charge is 0.459 e. The van der Waals surface area contributed by atoms with Gasteiger partial charge >= 0.3 is 5.97 Å². The van der Waals surface area contributed by atoms with Crippen LogP contribution in [0.3, 0.4) is 0 Å². The molecule has 0 spiro atoms. The maximum absolute atomic E-state index is 11.6. The molecule has 16 heavy (non-hydrogen) atoms. The van der Waals surface area contributed by atoms with E-state index in [4.69, 9.17) is 10.5 Å². The molecule has 0 unspecified atom stereocenters. The zero-order valence-corrected chi connectivity index (χ0v) is 9.61. The number of aryl methyl sites for hydroxylation is 1. The summed E-state index contributed by atoms with van der Waals surface area (Å²) < 4.78 is 5.04. The molecule has 0 aliphatic rings. The molecule has 1 rings (SSSR count). The fourth-order valence-corrected chi connectivity index (χ4v) is 1.35. The highest BCUT2D eigenvalue weighted by Crippen LogP contribution is 2.12. The number of rotatable bonds is 3. The van der Waals surface area contributed by atoms with Crippen LogP contribution in [0.5, 0.6) is 0 Å². The summed E-state index contributed by atoms with van der Waals surface area (Å²) in [5.74, 6) is -0.893. The van der Waals surface area contributed by atoms with Gasteiger partial charge in [-0.15, -0.1) is 0 Å².